The molecule has 3 nitrogen and oxygen atoms in total. The second-order valence-electron chi connectivity index (χ2n) is 7.55. The molecule has 3 rings (SSSR count). The minimum Gasteiger partial charge on any atom is -0.507 e. The van der Waals surface area contributed by atoms with Crippen LogP contribution in [0.4, 0.5) is 0 Å². The maximum absolute atomic E-state index is 10.4. The van der Waals surface area contributed by atoms with E-state index in [1.165, 1.54) is 16.8 Å². The Morgan fingerprint density at radius 1 is 0.846 bits per heavy atom. The number of phenolic OH excluding ortho intramolecular Hbond substituents is 1. The Kier molecular flexibility index (Phi) is 4.90. The lowest BCUT2D eigenvalue weighted by molar-refractivity contribution is 0.476. The molecule has 0 fully saturated rings. The zero-order chi connectivity index (χ0) is 19.0. The van der Waals surface area contributed by atoms with Crippen LogP contribution in [0.25, 0.3) is 17.1 Å². The molecule has 0 radical (unpaired) electrons. The predicted molar refractivity (Wildman–Crippen MR) is 108 cm³/mol. The van der Waals surface area contributed by atoms with Gasteiger partial charge in [-0.2, -0.15) is 0 Å². The molecule has 0 unspecified atom stereocenters. The van der Waals surface area contributed by atoms with Crippen molar-refractivity contribution in [2.45, 2.75) is 53.4 Å². The van der Waals surface area contributed by atoms with E-state index in [-0.39, 0.29) is 5.75 Å². The molecule has 0 saturated carbocycles. The van der Waals surface area contributed by atoms with Crippen molar-refractivity contribution in [3.8, 4) is 22.8 Å². The number of phenols is 1. The van der Waals surface area contributed by atoms with Gasteiger partial charge >= 0.3 is 0 Å². The standard InChI is InChI=1S/C23H28N2O/c1-14(2)18-11-9-12-19(15(3)4)22(18)25-17(6)16(5)24-23(25)20-10-7-8-13-21(20)26/h7-15,26H,1-6H3. The Bertz CT molecular complexity index is 909. The molecule has 0 saturated heterocycles. The van der Waals surface area contributed by atoms with Crippen LogP contribution < -0.4 is 0 Å². The van der Waals surface area contributed by atoms with Crippen molar-refractivity contribution in [3.63, 3.8) is 0 Å². The van der Waals surface area contributed by atoms with E-state index in [2.05, 4.69) is 57.4 Å². The lowest BCUT2D eigenvalue weighted by Gasteiger charge is -2.23. The molecule has 3 aromatic rings. The summed E-state index contributed by atoms with van der Waals surface area (Å²) in [5.41, 5.74) is 6.65. The second-order valence-corrected chi connectivity index (χ2v) is 7.55. The van der Waals surface area contributed by atoms with Crippen molar-refractivity contribution in [3.05, 3.63) is 65.0 Å². The van der Waals surface area contributed by atoms with Crippen LogP contribution in [0.2, 0.25) is 0 Å². The maximum atomic E-state index is 10.4. The van der Waals surface area contributed by atoms with E-state index in [1.807, 2.05) is 25.1 Å². The molecule has 136 valence electrons. The summed E-state index contributed by atoms with van der Waals surface area (Å²) in [6.45, 7) is 13.0. The van der Waals surface area contributed by atoms with E-state index >= 15 is 0 Å². The molecule has 1 heterocycles. The van der Waals surface area contributed by atoms with E-state index in [0.717, 1.165) is 22.8 Å². The summed E-state index contributed by atoms with van der Waals surface area (Å²) in [6, 6.07) is 14.0. The Morgan fingerprint density at radius 3 is 1.96 bits per heavy atom. The van der Waals surface area contributed by atoms with Gasteiger partial charge in [-0.3, -0.25) is 4.57 Å². The molecule has 0 amide bonds. The average molecular weight is 348 g/mol. The fourth-order valence-electron chi connectivity index (χ4n) is 3.50. The highest BCUT2D eigenvalue weighted by Gasteiger charge is 2.23. The summed E-state index contributed by atoms with van der Waals surface area (Å²) in [7, 11) is 0. The third kappa shape index (κ3) is 3.03. The zero-order valence-electron chi connectivity index (χ0n) is 16.5. The van der Waals surface area contributed by atoms with Gasteiger partial charge in [0, 0.05) is 5.69 Å². The number of nitrogens with zero attached hydrogens (tertiary/aromatic N) is 2. The van der Waals surface area contributed by atoms with Crippen LogP contribution >= 0.6 is 0 Å². The number of benzene rings is 2. The average Bonchev–Trinajstić information content (AvgIpc) is 2.89. The van der Waals surface area contributed by atoms with E-state index in [9.17, 15) is 5.11 Å². The van der Waals surface area contributed by atoms with Crippen LogP contribution in [0.15, 0.2) is 42.5 Å². The highest BCUT2D eigenvalue weighted by molar-refractivity contribution is 5.69. The number of aromatic nitrogens is 2. The quantitative estimate of drug-likeness (QED) is 0.618. The molecule has 0 aliphatic heterocycles. The van der Waals surface area contributed by atoms with Gasteiger partial charge in [-0.15, -0.1) is 0 Å². The third-order valence-electron chi connectivity index (χ3n) is 5.06. The minimum atomic E-state index is 0.256. The second kappa shape index (κ2) is 6.99. The van der Waals surface area contributed by atoms with Crippen molar-refractivity contribution in [1.82, 2.24) is 9.55 Å². The van der Waals surface area contributed by atoms with Crippen LogP contribution in [0.3, 0.4) is 0 Å². The molecule has 0 aliphatic rings. The molecule has 1 aromatic heterocycles. The van der Waals surface area contributed by atoms with Crippen LogP contribution in [0.1, 0.15) is 62.0 Å². The smallest absolute Gasteiger partial charge is 0.148 e. The Labute approximate surface area is 156 Å². The first-order chi connectivity index (χ1) is 12.3. The van der Waals surface area contributed by atoms with Gasteiger partial charge < -0.3 is 5.11 Å². The first-order valence-corrected chi connectivity index (χ1v) is 9.30. The predicted octanol–water partition coefficient (Wildman–Crippen LogP) is 6.11. The molecule has 1 N–H and O–H groups in total. The van der Waals surface area contributed by atoms with Gasteiger partial charge in [0.15, 0.2) is 0 Å². The van der Waals surface area contributed by atoms with Crippen LogP contribution in [-0.4, -0.2) is 14.7 Å². The first kappa shape index (κ1) is 18.2. The number of aryl methyl sites for hydroxylation is 1. The first-order valence-electron chi connectivity index (χ1n) is 9.30. The largest absolute Gasteiger partial charge is 0.507 e. The lowest BCUT2D eigenvalue weighted by Crippen LogP contribution is -2.10. The summed E-state index contributed by atoms with van der Waals surface area (Å²) in [4.78, 5) is 4.82. The summed E-state index contributed by atoms with van der Waals surface area (Å²) < 4.78 is 2.23. The van der Waals surface area contributed by atoms with Crippen molar-refractivity contribution in [2.24, 2.45) is 0 Å². The highest BCUT2D eigenvalue weighted by atomic mass is 16.3. The number of imidazole rings is 1. The molecule has 0 aliphatic carbocycles. The molecule has 2 aromatic carbocycles. The van der Waals surface area contributed by atoms with Crippen molar-refractivity contribution < 1.29 is 5.11 Å². The number of hydrogen-bond donors (Lipinski definition) is 1. The van der Waals surface area contributed by atoms with Gasteiger partial charge in [-0.1, -0.05) is 58.0 Å². The van der Waals surface area contributed by atoms with Gasteiger partial charge in [0.2, 0.25) is 0 Å². The molecular formula is C23H28N2O. The van der Waals surface area contributed by atoms with Gasteiger partial charge in [-0.05, 0) is 48.9 Å². The summed E-state index contributed by atoms with van der Waals surface area (Å²) in [5.74, 6) is 1.84. The zero-order valence-corrected chi connectivity index (χ0v) is 16.5. The van der Waals surface area contributed by atoms with Crippen LogP contribution in [0.5, 0.6) is 5.75 Å². The fourth-order valence-corrected chi connectivity index (χ4v) is 3.50. The summed E-state index contributed by atoms with van der Waals surface area (Å²) >= 11 is 0. The Morgan fingerprint density at radius 2 is 1.42 bits per heavy atom. The fraction of sp³-hybridized carbons (Fsp3) is 0.348. The molecule has 0 bridgehead atoms. The number of hydrogen-bond acceptors (Lipinski definition) is 2. The van der Waals surface area contributed by atoms with Crippen LogP contribution in [0, 0.1) is 13.8 Å². The van der Waals surface area contributed by atoms with Crippen molar-refractivity contribution in [2.75, 3.05) is 0 Å². The van der Waals surface area contributed by atoms with E-state index < -0.39 is 0 Å². The summed E-state index contributed by atoms with van der Waals surface area (Å²) in [6.07, 6.45) is 0. The summed E-state index contributed by atoms with van der Waals surface area (Å²) in [5, 5.41) is 10.4. The van der Waals surface area contributed by atoms with Crippen LogP contribution in [-0.2, 0) is 0 Å². The minimum absolute atomic E-state index is 0.256. The Balaban J connectivity index is 2.41. The van der Waals surface area contributed by atoms with Gasteiger partial charge in [0.1, 0.15) is 11.6 Å². The SMILES string of the molecule is Cc1nc(-c2ccccc2O)n(-c2c(C(C)C)cccc2C(C)C)c1C. The third-order valence-corrected chi connectivity index (χ3v) is 5.06. The normalized spacial score (nSPS) is 11.5. The van der Waals surface area contributed by atoms with Crippen molar-refractivity contribution >= 4 is 0 Å². The lowest BCUT2D eigenvalue weighted by atomic mass is 9.92. The van der Waals surface area contributed by atoms with E-state index in [4.69, 9.17) is 4.98 Å². The molecule has 3 heteroatoms. The Hall–Kier alpha value is -2.55. The van der Waals surface area contributed by atoms with Gasteiger partial charge in [0.25, 0.3) is 0 Å². The van der Waals surface area contributed by atoms with Gasteiger partial charge in [-0.25, -0.2) is 4.98 Å². The highest BCUT2D eigenvalue weighted by Crippen LogP contribution is 2.37. The van der Waals surface area contributed by atoms with Gasteiger partial charge in [0.05, 0.1) is 16.9 Å². The number of aromatic hydroxyl groups is 1. The van der Waals surface area contributed by atoms with E-state index in [0.29, 0.717) is 11.8 Å². The molecule has 26 heavy (non-hydrogen) atoms. The van der Waals surface area contributed by atoms with Crippen molar-refractivity contribution in [1.29, 1.82) is 0 Å². The topological polar surface area (TPSA) is 38.1 Å². The maximum Gasteiger partial charge on any atom is 0.148 e. The number of para-hydroxylation sites is 2. The molecular weight excluding hydrogens is 320 g/mol. The molecule has 0 spiro atoms. The van der Waals surface area contributed by atoms with E-state index in [1.54, 1.807) is 6.07 Å². The monoisotopic (exact) mass is 348 g/mol. The molecule has 0 atom stereocenters. The number of rotatable bonds is 4.